The molecule has 1 atom stereocenters. The molecule has 1 saturated heterocycles. The van der Waals surface area contributed by atoms with Crippen LogP contribution in [0.15, 0.2) is 51.7 Å². The molecule has 1 aromatic carbocycles. The molecule has 1 aliphatic heterocycles. The van der Waals surface area contributed by atoms with Crippen LogP contribution in [0, 0.1) is 0 Å². The number of imide groups is 1. The first-order chi connectivity index (χ1) is 14.0. The van der Waals surface area contributed by atoms with Crippen molar-refractivity contribution in [2.75, 3.05) is 6.54 Å². The Hall–Kier alpha value is -3.53. The van der Waals surface area contributed by atoms with Crippen molar-refractivity contribution in [3.63, 3.8) is 0 Å². The minimum Gasteiger partial charge on any atom is -0.454 e. The minimum atomic E-state index is -1.24. The average molecular weight is 412 g/mol. The number of benzene rings is 1. The monoisotopic (exact) mass is 412 g/mol. The first-order valence-corrected chi connectivity index (χ1v) is 9.62. The fraction of sp³-hybridized carbons (Fsp3) is 0.211. The van der Waals surface area contributed by atoms with E-state index in [2.05, 4.69) is 15.5 Å². The summed E-state index contributed by atoms with van der Waals surface area (Å²) in [6, 6.07) is 10.0. The van der Waals surface area contributed by atoms with Gasteiger partial charge in [-0.25, -0.2) is 4.79 Å². The number of nitrogens with one attached hydrogen (secondary N) is 1. The first-order valence-electron chi connectivity index (χ1n) is 8.68. The lowest BCUT2D eigenvalue weighted by molar-refractivity contribution is -0.149. The zero-order valence-electron chi connectivity index (χ0n) is 15.3. The Bertz CT molecular complexity index is 1050. The van der Waals surface area contributed by atoms with Crippen LogP contribution in [0.1, 0.15) is 18.4 Å². The molecule has 3 aromatic rings. The van der Waals surface area contributed by atoms with Gasteiger partial charge in [0, 0.05) is 10.9 Å². The molecule has 3 heterocycles. The summed E-state index contributed by atoms with van der Waals surface area (Å²) in [6.07, 6.45) is 0. The second-order valence-electron chi connectivity index (χ2n) is 6.50. The molecule has 0 unspecified atom stereocenters. The van der Waals surface area contributed by atoms with E-state index in [0.29, 0.717) is 11.4 Å². The summed E-state index contributed by atoms with van der Waals surface area (Å²) in [5.41, 5.74) is 0.192. The van der Waals surface area contributed by atoms with Gasteiger partial charge in [0.2, 0.25) is 5.82 Å². The van der Waals surface area contributed by atoms with E-state index in [0.717, 1.165) is 10.5 Å². The van der Waals surface area contributed by atoms with E-state index in [4.69, 9.17) is 9.26 Å². The smallest absolute Gasteiger partial charge is 0.326 e. The molecule has 0 radical (unpaired) electrons. The number of ether oxygens (including phenoxy) is 1. The van der Waals surface area contributed by atoms with E-state index in [1.54, 1.807) is 31.2 Å². The molecule has 29 heavy (non-hydrogen) atoms. The Morgan fingerprint density at radius 2 is 2.07 bits per heavy atom. The SMILES string of the molecule is C[C@]1(c2ccccc2)NC(=O)N(CC(=O)OCc2nc(-c3ccsc3)no2)C1=O. The van der Waals surface area contributed by atoms with Crippen molar-refractivity contribution in [3.8, 4) is 11.4 Å². The Morgan fingerprint density at radius 3 is 2.79 bits per heavy atom. The van der Waals surface area contributed by atoms with Gasteiger partial charge in [0.05, 0.1) is 0 Å². The number of rotatable bonds is 6. The van der Waals surface area contributed by atoms with E-state index in [-0.39, 0.29) is 12.5 Å². The highest BCUT2D eigenvalue weighted by atomic mass is 32.1. The quantitative estimate of drug-likeness (QED) is 0.488. The molecule has 4 rings (SSSR count). The Kier molecular flexibility index (Phi) is 4.85. The van der Waals surface area contributed by atoms with E-state index < -0.39 is 30.0 Å². The van der Waals surface area contributed by atoms with Crippen LogP contribution < -0.4 is 5.32 Å². The Labute approximate surface area is 169 Å². The lowest BCUT2D eigenvalue weighted by Gasteiger charge is -2.21. The van der Waals surface area contributed by atoms with Gasteiger partial charge in [0.1, 0.15) is 12.1 Å². The number of hydrogen-bond acceptors (Lipinski definition) is 8. The zero-order valence-corrected chi connectivity index (χ0v) is 16.1. The van der Waals surface area contributed by atoms with Gasteiger partial charge in [-0.1, -0.05) is 35.5 Å². The van der Waals surface area contributed by atoms with Crippen molar-refractivity contribution in [1.82, 2.24) is 20.4 Å². The summed E-state index contributed by atoms with van der Waals surface area (Å²) in [5, 5.41) is 10.2. The van der Waals surface area contributed by atoms with E-state index in [1.165, 1.54) is 11.3 Å². The van der Waals surface area contributed by atoms with Crippen LogP contribution in [0.2, 0.25) is 0 Å². The van der Waals surface area contributed by atoms with Crippen LogP contribution in [0.5, 0.6) is 0 Å². The Morgan fingerprint density at radius 1 is 1.28 bits per heavy atom. The van der Waals surface area contributed by atoms with Gasteiger partial charge in [-0.05, 0) is 23.9 Å². The van der Waals surface area contributed by atoms with E-state index in [1.807, 2.05) is 22.9 Å². The molecule has 10 heteroatoms. The van der Waals surface area contributed by atoms with Gasteiger partial charge in [-0.2, -0.15) is 16.3 Å². The van der Waals surface area contributed by atoms with Gasteiger partial charge in [0.25, 0.3) is 11.8 Å². The average Bonchev–Trinajstić information content (AvgIpc) is 3.45. The maximum atomic E-state index is 12.8. The summed E-state index contributed by atoms with van der Waals surface area (Å²) in [7, 11) is 0. The number of thiophene rings is 1. The molecule has 2 aromatic heterocycles. The molecule has 0 spiro atoms. The predicted molar refractivity (Wildman–Crippen MR) is 101 cm³/mol. The second-order valence-corrected chi connectivity index (χ2v) is 7.28. The number of esters is 1. The summed E-state index contributed by atoms with van der Waals surface area (Å²) < 4.78 is 10.1. The fourth-order valence-corrected chi connectivity index (χ4v) is 3.58. The second kappa shape index (κ2) is 7.47. The first kappa shape index (κ1) is 18.8. The number of carbonyl (C=O) groups excluding carboxylic acids is 3. The van der Waals surface area contributed by atoms with Crippen LogP contribution in [-0.4, -0.2) is 39.5 Å². The number of nitrogens with zero attached hydrogens (tertiary/aromatic N) is 3. The van der Waals surface area contributed by atoms with Crippen molar-refractivity contribution in [2.45, 2.75) is 19.1 Å². The molecule has 0 bridgehead atoms. The van der Waals surface area contributed by atoms with Crippen molar-refractivity contribution in [1.29, 1.82) is 0 Å². The third kappa shape index (κ3) is 3.61. The highest BCUT2D eigenvalue weighted by Gasteiger charge is 2.49. The maximum absolute atomic E-state index is 12.8. The Balaban J connectivity index is 1.37. The number of hydrogen-bond donors (Lipinski definition) is 1. The van der Waals surface area contributed by atoms with Gasteiger partial charge in [0.15, 0.2) is 6.61 Å². The number of aromatic nitrogens is 2. The molecule has 1 fully saturated rings. The normalized spacial score (nSPS) is 18.7. The van der Waals surface area contributed by atoms with Gasteiger partial charge in [-0.3, -0.25) is 14.5 Å². The van der Waals surface area contributed by atoms with Crippen molar-refractivity contribution >= 4 is 29.2 Å². The standard InChI is InChI=1S/C19H16N4O5S/c1-19(13-5-3-2-4-6-13)17(25)23(18(26)21-19)9-15(24)27-10-14-20-16(22-28-14)12-7-8-29-11-12/h2-8,11H,9-10H2,1H3,(H,21,26)/t19-/m1/s1. The van der Waals surface area contributed by atoms with Crippen LogP contribution >= 0.6 is 11.3 Å². The van der Waals surface area contributed by atoms with Crippen LogP contribution in [-0.2, 0) is 26.5 Å². The lowest BCUT2D eigenvalue weighted by atomic mass is 9.92. The molecular weight excluding hydrogens is 396 g/mol. The topological polar surface area (TPSA) is 115 Å². The largest absolute Gasteiger partial charge is 0.454 e. The predicted octanol–water partition coefficient (Wildman–Crippen LogP) is 2.31. The molecule has 1 aliphatic rings. The molecule has 9 nitrogen and oxygen atoms in total. The van der Waals surface area contributed by atoms with E-state index in [9.17, 15) is 14.4 Å². The summed E-state index contributed by atoms with van der Waals surface area (Å²) in [5.74, 6) is -0.778. The number of urea groups is 1. The van der Waals surface area contributed by atoms with Gasteiger partial charge in [-0.15, -0.1) is 0 Å². The molecule has 1 N–H and O–H groups in total. The van der Waals surface area contributed by atoms with Crippen LogP contribution in [0.3, 0.4) is 0 Å². The summed E-state index contributed by atoms with van der Waals surface area (Å²) in [6.45, 7) is 0.826. The lowest BCUT2D eigenvalue weighted by Crippen LogP contribution is -2.41. The van der Waals surface area contributed by atoms with Gasteiger partial charge >= 0.3 is 12.0 Å². The van der Waals surface area contributed by atoms with Crippen LogP contribution in [0.4, 0.5) is 4.79 Å². The van der Waals surface area contributed by atoms with Crippen molar-refractivity contribution in [2.24, 2.45) is 0 Å². The van der Waals surface area contributed by atoms with Gasteiger partial charge < -0.3 is 14.6 Å². The maximum Gasteiger partial charge on any atom is 0.326 e. The minimum absolute atomic E-state index is 0.117. The zero-order chi connectivity index (χ0) is 20.4. The summed E-state index contributed by atoms with van der Waals surface area (Å²) in [4.78, 5) is 42.2. The third-order valence-corrected chi connectivity index (χ3v) is 5.20. The number of amides is 3. The van der Waals surface area contributed by atoms with Crippen molar-refractivity contribution < 1.29 is 23.6 Å². The molecule has 3 amide bonds. The highest BCUT2D eigenvalue weighted by molar-refractivity contribution is 7.08. The number of carbonyl (C=O) groups is 3. The molecular formula is C19H16N4O5S. The summed E-state index contributed by atoms with van der Waals surface area (Å²) >= 11 is 1.50. The fourth-order valence-electron chi connectivity index (χ4n) is 2.95. The van der Waals surface area contributed by atoms with E-state index >= 15 is 0 Å². The third-order valence-electron chi connectivity index (χ3n) is 4.52. The highest BCUT2D eigenvalue weighted by Crippen LogP contribution is 2.28. The van der Waals surface area contributed by atoms with Crippen molar-refractivity contribution in [3.05, 3.63) is 58.6 Å². The molecule has 0 aliphatic carbocycles. The molecule has 0 saturated carbocycles. The van der Waals surface area contributed by atoms with Crippen LogP contribution in [0.25, 0.3) is 11.4 Å². The molecule has 148 valence electrons.